The highest BCUT2D eigenvalue weighted by Gasteiger charge is 2.49. The smallest absolute Gasteiger partial charge is 0.118 e. The van der Waals surface area contributed by atoms with Gasteiger partial charge in [0.1, 0.15) is 23.0 Å². The van der Waals surface area contributed by atoms with E-state index < -0.39 is 5.41 Å². The minimum absolute atomic E-state index is 0.527. The van der Waals surface area contributed by atoms with Gasteiger partial charge in [-0.3, -0.25) is 0 Å². The van der Waals surface area contributed by atoms with Crippen LogP contribution in [0.25, 0.3) is 33.4 Å². The van der Waals surface area contributed by atoms with Crippen molar-refractivity contribution in [1.82, 2.24) is 0 Å². The molecule has 50 heavy (non-hydrogen) atoms. The van der Waals surface area contributed by atoms with Gasteiger partial charge in [0.15, 0.2) is 0 Å². The molecule has 6 aromatic rings. The summed E-state index contributed by atoms with van der Waals surface area (Å²) in [7, 11) is 6.82. The van der Waals surface area contributed by atoms with E-state index in [1.54, 1.807) is 28.4 Å². The van der Waals surface area contributed by atoms with Crippen molar-refractivity contribution in [1.29, 1.82) is 0 Å². The first kappa shape index (κ1) is 32.0. The fourth-order valence-electron chi connectivity index (χ4n) is 7.38. The third-order valence-electron chi connectivity index (χ3n) is 10.0. The van der Waals surface area contributed by atoms with Gasteiger partial charge in [0, 0.05) is 9.15 Å². The van der Waals surface area contributed by atoms with Crippen molar-refractivity contribution in [2.24, 2.45) is 0 Å². The Morgan fingerprint density at radius 3 is 1.20 bits per heavy atom. The van der Waals surface area contributed by atoms with E-state index in [0.717, 1.165) is 56.4 Å². The lowest BCUT2D eigenvalue weighted by atomic mass is 9.76. The zero-order valence-electron chi connectivity index (χ0n) is 28.3. The van der Waals surface area contributed by atoms with E-state index in [1.165, 1.54) is 37.0 Å². The van der Waals surface area contributed by atoms with Crippen LogP contribution in [0.3, 0.4) is 0 Å². The van der Waals surface area contributed by atoms with Crippen LogP contribution in [0.5, 0.6) is 23.0 Å². The predicted molar refractivity (Wildman–Crippen MR) is 211 cm³/mol. The van der Waals surface area contributed by atoms with E-state index in [1.807, 2.05) is 48.5 Å². The van der Waals surface area contributed by atoms with Gasteiger partial charge in [0.25, 0.3) is 0 Å². The highest BCUT2D eigenvalue weighted by molar-refractivity contribution is 14.1. The first-order chi connectivity index (χ1) is 24.5. The Morgan fingerprint density at radius 1 is 0.400 bits per heavy atom. The van der Waals surface area contributed by atoms with Crippen molar-refractivity contribution < 1.29 is 18.9 Å². The molecule has 0 saturated heterocycles. The lowest BCUT2D eigenvalue weighted by Crippen LogP contribution is -2.22. The average molecular weight is 767 g/mol. The van der Waals surface area contributed by atoms with Crippen LogP contribution in [0.1, 0.15) is 33.4 Å². The minimum Gasteiger partial charge on any atom is -0.497 e. The Kier molecular flexibility index (Phi) is 8.24. The zero-order valence-corrected chi connectivity index (χ0v) is 30.4. The van der Waals surface area contributed by atoms with E-state index in [9.17, 15) is 0 Å². The van der Waals surface area contributed by atoms with Gasteiger partial charge in [0.05, 0.1) is 33.9 Å². The topological polar surface area (TPSA) is 36.9 Å². The zero-order chi connectivity index (χ0) is 34.4. The van der Waals surface area contributed by atoms with Crippen LogP contribution in [0.15, 0.2) is 143 Å². The summed E-state index contributed by atoms with van der Waals surface area (Å²) in [5, 5.41) is 0. The Hall–Kier alpha value is -5.27. The maximum absolute atomic E-state index is 5.55. The van der Waals surface area contributed by atoms with Crippen LogP contribution in [-0.2, 0) is 5.41 Å². The summed E-state index contributed by atoms with van der Waals surface area (Å²) in [5.74, 6) is 3.35. The van der Waals surface area contributed by atoms with Gasteiger partial charge in [-0.1, -0.05) is 78.9 Å². The molecule has 4 nitrogen and oxygen atoms in total. The van der Waals surface area contributed by atoms with Gasteiger partial charge >= 0.3 is 0 Å². The molecule has 1 atom stereocenters. The molecule has 8 rings (SSSR count). The molecule has 0 bridgehead atoms. The number of methoxy groups -OCH3 is 4. The number of halogens is 1. The molecule has 0 aliphatic heterocycles. The highest BCUT2D eigenvalue weighted by Crippen LogP contribution is 2.62. The van der Waals surface area contributed by atoms with Crippen LogP contribution < -0.4 is 18.9 Å². The van der Waals surface area contributed by atoms with E-state index in [4.69, 9.17) is 18.9 Å². The Labute approximate surface area is 306 Å². The second-order valence-electron chi connectivity index (χ2n) is 12.5. The molecule has 6 aromatic carbocycles. The van der Waals surface area contributed by atoms with Crippen molar-refractivity contribution in [2.75, 3.05) is 28.4 Å². The summed E-state index contributed by atoms with van der Waals surface area (Å²) in [5.41, 5.74) is 13.8. The number of hydrogen-bond acceptors (Lipinski definition) is 4. The SMILES string of the molecule is COc1ccc(C2=CC3(C(I)=C(c4ccc(OC)cc4)c4ccc(-c5ccc(OC)cc5)cc43)c3cc(-c4ccc(OC)cc4)ccc32)cc1. The summed E-state index contributed by atoms with van der Waals surface area (Å²) in [6, 6.07) is 47.3. The van der Waals surface area contributed by atoms with E-state index in [-0.39, 0.29) is 0 Å². The number of fused-ring (bicyclic) bond motifs is 4. The molecule has 0 N–H and O–H groups in total. The molecule has 1 unspecified atom stereocenters. The molecular weight excluding hydrogens is 731 g/mol. The summed E-state index contributed by atoms with van der Waals surface area (Å²) < 4.78 is 23.3. The van der Waals surface area contributed by atoms with Crippen LogP contribution in [0, 0.1) is 0 Å². The van der Waals surface area contributed by atoms with Crippen molar-refractivity contribution in [3.63, 3.8) is 0 Å². The van der Waals surface area contributed by atoms with Crippen molar-refractivity contribution in [2.45, 2.75) is 5.41 Å². The molecular formula is C45H35IO4. The lowest BCUT2D eigenvalue weighted by molar-refractivity contribution is 0.414. The molecule has 5 heteroatoms. The van der Waals surface area contributed by atoms with Gasteiger partial charge in [-0.15, -0.1) is 0 Å². The van der Waals surface area contributed by atoms with Crippen LogP contribution >= 0.6 is 22.6 Å². The highest BCUT2D eigenvalue weighted by atomic mass is 127. The summed E-state index contributed by atoms with van der Waals surface area (Å²) in [4.78, 5) is 0. The normalized spacial score (nSPS) is 15.8. The second kappa shape index (κ2) is 12.9. The molecule has 0 radical (unpaired) electrons. The largest absolute Gasteiger partial charge is 0.497 e. The van der Waals surface area contributed by atoms with E-state index in [0.29, 0.717) is 0 Å². The van der Waals surface area contributed by atoms with E-state index >= 15 is 0 Å². The molecule has 246 valence electrons. The number of ether oxygens (including phenoxy) is 4. The first-order valence-corrected chi connectivity index (χ1v) is 17.6. The molecule has 0 heterocycles. The molecule has 0 fully saturated rings. The Morgan fingerprint density at radius 2 is 0.760 bits per heavy atom. The number of benzene rings is 6. The van der Waals surface area contributed by atoms with Gasteiger partial charge in [-0.2, -0.15) is 0 Å². The summed E-state index contributed by atoms with van der Waals surface area (Å²) >= 11 is 2.63. The fraction of sp³-hybridized carbons (Fsp3) is 0.111. The van der Waals surface area contributed by atoms with Crippen molar-refractivity contribution in [3.05, 3.63) is 176 Å². The number of hydrogen-bond donors (Lipinski definition) is 0. The third kappa shape index (κ3) is 5.19. The van der Waals surface area contributed by atoms with Crippen molar-refractivity contribution in [3.8, 4) is 45.3 Å². The standard InChI is InChI=1S/C45H35IO4/c1-47-34-15-5-28(6-16-34)32-13-23-38-40(30-9-19-36(49-3)20-10-30)27-45(41(38)25-32)42-26-33(29-7-17-35(48-2)18-8-29)14-24-39(42)43(44(45)46)31-11-21-37(50-4)22-12-31/h5-27H,1-4H3. The maximum atomic E-state index is 5.55. The predicted octanol–water partition coefficient (Wildman–Crippen LogP) is 11.0. The number of rotatable bonds is 8. The quantitative estimate of drug-likeness (QED) is 0.145. The van der Waals surface area contributed by atoms with Gasteiger partial charge in [-0.05, 0) is 144 Å². The van der Waals surface area contributed by atoms with E-state index in [2.05, 4.69) is 114 Å². The van der Waals surface area contributed by atoms with Crippen LogP contribution in [-0.4, -0.2) is 28.4 Å². The lowest BCUT2D eigenvalue weighted by Gasteiger charge is -2.28. The average Bonchev–Trinajstić information content (AvgIpc) is 3.66. The van der Waals surface area contributed by atoms with Gasteiger partial charge < -0.3 is 18.9 Å². The molecule has 2 aliphatic rings. The monoisotopic (exact) mass is 766 g/mol. The van der Waals surface area contributed by atoms with Gasteiger partial charge in [-0.25, -0.2) is 0 Å². The van der Waals surface area contributed by atoms with Crippen molar-refractivity contribution >= 4 is 33.7 Å². The summed E-state index contributed by atoms with van der Waals surface area (Å²) in [6.07, 6.45) is 2.49. The molecule has 1 spiro atoms. The Balaban J connectivity index is 1.41. The number of allylic oxidation sites excluding steroid dienone is 2. The molecule has 2 aliphatic carbocycles. The first-order valence-electron chi connectivity index (χ1n) is 16.5. The molecule has 0 amide bonds. The third-order valence-corrected chi connectivity index (χ3v) is 11.4. The van der Waals surface area contributed by atoms with Crippen LogP contribution in [0.2, 0.25) is 0 Å². The minimum atomic E-state index is -0.527. The van der Waals surface area contributed by atoms with Gasteiger partial charge in [0.2, 0.25) is 0 Å². The molecule has 0 aromatic heterocycles. The summed E-state index contributed by atoms with van der Waals surface area (Å²) in [6.45, 7) is 0. The maximum Gasteiger partial charge on any atom is 0.118 e. The fourth-order valence-corrected chi connectivity index (χ4v) is 8.72. The van der Waals surface area contributed by atoms with Crippen LogP contribution in [0.4, 0.5) is 0 Å². The Bertz CT molecular complexity index is 2220. The molecule has 0 saturated carbocycles. The second-order valence-corrected chi connectivity index (χ2v) is 13.6.